The summed E-state index contributed by atoms with van der Waals surface area (Å²) in [6, 6.07) is 7.59. The van der Waals surface area contributed by atoms with Crippen LogP contribution < -0.4 is 0 Å². The van der Waals surface area contributed by atoms with Gasteiger partial charge in [-0.25, -0.2) is 9.97 Å². The van der Waals surface area contributed by atoms with Crippen LogP contribution in [0.5, 0.6) is 0 Å². The lowest BCUT2D eigenvalue weighted by molar-refractivity contribution is 0.112. The molecule has 112 valence electrons. The fourth-order valence-corrected chi connectivity index (χ4v) is 3.46. The minimum Gasteiger partial charge on any atom is -0.462 e. The number of furan rings is 1. The molecule has 0 unspecified atom stereocenters. The van der Waals surface area contributed by atoms with Crippen molar-refractivity contribution in [3.05, 3.63) is 54.3 Å². The summed E-state index contributed by atoms with van der Waals surface area (Å²) < 4.78 is 5.32. The van der Waals surface area contributed by atoms with Crippen molar-refractivity contribution in [1.82, 2.24) is 15.0 Å². The number of thiazole rings is 1. The summed E-state index contributed by atoms with van der Waals surface area (Å²) in [5.41, 5.74) is 3.38. The molecule has 0 atom stereocenters. The van der Waals surface area contributed by atoms with E-state index >= 15 is 0 Å². The first kappa shape index (κ1) is 13.8. The second kappa shape index (κ2) is 5.40. The minimum absolute atomic E-state index is 0.304. The topological polar surface area (TPSA) is 68.9 Å². The summed E-state index contributed by atoms with van der Waals surface area (Å²) in [6.45, 7) is 1.94. The number of aryl methyl sites for hydroxylation is 1. The van der Waals surface area contributed by atoms with E-state index in [4.69, 9.17) is 4.42 Å². The van der Waals surface area contributed by atoms with Gasteiger partial charge in [0.1, 0.15) is 10.7 Å². The quantitative estimate of drug-likeness (QED) is 0.531. The summed E-state index contributed by atoms with van der Waals surface area (Å²) in [5.74, 6) is 0. The van der Waals surface area contributed by atoms with Crippen LogP contribution in [0.3, 0.4) is 0 Å². The molecule has 4 rings (SSSR count). The molecule has 5 nitrogen and oxygen atoms in total. The Morgan fingerprint density at radius 1 is 1.26 bits per heavy atom. The van der Waals surface area contributed by atoms with E-state index in [-0.39, 0.29) is 0 Å². The second-order valence-corrected chi connectivity index (χ2v) is 6.02. The number of fused-ring (bicyclic) bond motifs is 1. The molecule has 0 bridgehead atoms. The molecule has 6 heteroatoms. The van der Waals surface area contributed by atoms with Crippen molar-refractivity contribution in [2.75, 3.05) is 0 Å². The zero-order valence-electron chi connectivity index (χ0n) is 12.2. The van der Waals surface area contributed by atoms with Gasteiger partial charge in [0.05, 0.1) is 22.5 Å². The first-order valence-corrected chi connectivity index (χ1v) is 7.79. The summed E-state index contributed by atoms with van der Waals surface area (Å²) in [7, 11) is 0. The number of rotatable bonds is 3. The van der Waals surface area contributed by atoms with Crippen LogP contribution in [-0.2, 0) is 0 Å². The Morgan fingerprint density at radius 3 is 2.96 bits per heavy atom. The molecular formula is C17H11N3O2S. The number of hydrogen-bond donors (Lipinski definition) is 0. The van der Waals surface area contributed by atoms with Crippen molar-refractivity contribution in [3.8, 4) is 21.1 Å². The largest absolute Gasteiger partial charge is 0.462 e. The van der Waals surface area contributed by atoms with Gasteiger partial charge in [-0.15, -0.1) is 11.3 Å². The van der Waals surface area contributed by atoms with Gasteiger partial charge in [-0.1, -0.05) is 0 Å². The molecule has 0 aliphatic heterocycles. The Balaban J connectivity index is 1.88. The van der Waals surface area contributed by atoms with Gasteiger partial charge in [0.2, 0.25) is 0 Å². The maximum Gasteiger partial charge on any atom is 0.172 e. The van der Waals surface area contributed by atoms with Crippen LogP contribution in [0.25, 0.3) is 32.1 Å². The van der Waals surface area contributed by atoms with Gasteiger partial charge >= 0.3 is 0 Å². The van der Waals surface area contributed by atoms with Crippen LogP contribution >= 0.6 is 11.3 Å². The van der Waals surface area contributed by atoms with Gasteiger partial charge < -0.3 is 4.42 Å². The highest BCUT2D eigenvalue weighted by Gasteiger charge is 2.16. The Kier molecular flexibility index (Phi) is 3.24. The van der Waals surface area contributed by atoms with Crippen LogP contribution in [0, 0.1) is 6.92 Å². The average Bonchev–Trinajstić information content (AvgIpc) is 3.21. The van der Waals surface area contributed by atoms with Gasteiger partial charge in [-0.05, 0) is 31.2 Å². The zero-order chi connectivity index (χ0) is 15.8. The zero-order valence-corrected chi connectivity index (χ0v) is 13.0. The molecule has 0 saturated carbocycles. The lowest BCUT2D eigenvalue weighted by Crippen LogP contribution is -1.91. The Morgan fingerprint density at radius 2 is 2.17 bits per heavy atom. The lowest BCUT2D eigenvalue weighted by Gasteiger charge is -2.00. The predicted molar refractivity (Wildman–Crippen MR) is 88.5 cm³/mol. The molecule has 0 radical (unpaired) electrons. The van der Waals surface area contributed by atoms with Crippen molar-refractivity contribution in [1.29, 1.82) is 0 Å². The maximum absolute atomic E-state index is 11.3. The highest BCUT2D eigenvalue weighted by molar-refractivity contribution is 7.18. The Bertz CT molecular complexity index is 1010. The van der Waals surface area contributed by atoms with E-state index in [0.717, 1.165) is 32.2 Å². The van der Waals surface area contributed by atoms with E-state index in [1.54, 1.807) is 18.7 Å². The van der Waals surface area contributed by atoms with Gasteiger partial charge in [0.25, 0.3) is 0 Å². The smallest absolute Gasteiger partial charge is 0.172 e. The van der Waals surface area contributed by atoms with E-state index < -0.39 is 0 Å². The molecule has 0 saturated heterocycles. The second-order valence-electron chi connectivity index (χ2n) is 5.02. The number of pyridine rings is 2. The summed E-state index contributed by atoms with van der Waals surface area (Å²) in [6.07, 6.45) is 5.79. The number of carbonyl (C=O) groups excluding carboxylic acids is 1. The Labute approximate surface area is 135 Å². The Hall–Kier alpha value is -2.86. The van der Waals surface area contributed by atoms with Crippen molar-refractivity contribution < 1.29 is 9.21 Å². The van der Waals surface area contributed by atoms with E-state index in [0.29, 0.717) is 17.6 Å². The standard InChI is InChI=1S/C17H11N3O2S/c1-10-16(23-17(19-10)12-3-2-5-18-8-12)13-7-11-4-6-22-15(11)14(9-21)20-13/h2-9H,1H3. The van der Waals surface area contributed by atoms with E-state index in [1.807, 2.05) is 31.2 Å². The normalized spacial score (nSPS) is 11.0. The lowest BCUT2D eigenvalue weighted by atomic mass is 10.2. The third-order valence-electron chi connectivity index (χ3n) is 3.51. The fourth-order valence-electron chi connectivity index (χ4n) is 2.44. The van der Waals surface area contributed by atoms with E-state index in [2.05, 4.69) is 15.0 Å². The minimum atomic E-state index is 0.304. The molecule has 0 fully saturated rings. The monoisotopic (exact) mass is 321 g/mol. The SMILES string of the molecule is Cc1nc(-c2cccnc2)sc1-c1cc2ccoc2c(C=O)n1. The molecule has 4 aromatic heterocycles. The molecule has 0 amide bonds. The number of nitrogens with zero attached hydrogens (tertiary/aromatic N) is 3. The predicted octanol–water partition coefficient (Wildman–Crippen LogP) is 4.13. The van der Waals surface area contributed by atoms with Gasteiger partial charge in [0.15, 0.2) is 11.9 Å². The maximum atomic E-state index is 11.3. The summed E-state index contributed by atoms with van der Waals surface area (Å²) in [4.78, 5) is 25.4. The molecule has 4 heterocycles. The van der Waals surface area contributed by atoms with Crippen LogP contribution in [0.15, 0.2) is 47.3 Å². The van der Waals surface area contributed by atoms with Gasteiger partial charge in [-0.2, -0.15) is 0 Å². The first-order chi connectivity index (χ1) is 11.3. The third-order valence-corrected chi connectivity index (χ3v) is 4.74. The van der Waals surface area contributed by atoms with E-state index in [9.17, 15) is 4.79 Å². The van der Waals surface area contributed by atoms with Crippen LogP contribution in [-0.4, -0.2) is 21.2 Å². The van der Waals surface area contributed by atoms with Crippen molar-refractivity contribution in [2.45, 2.75) is 6.92 Å². The summed E-state index contributed by atoms with van der Waals surface area (Å²) >= 11 is 1.54. The first-order valence-electron chi connectivity index (χ1n) is 6.98. The third kappa shape index (κ3) is 2.33. The molecule has 0 aliphatic carbocycles. The summed E-state index contributed by atoms with van der Waals surface area (Å²) in [5, 5.41) is 1.74. The van der Waals surface area contributed by atoms with Gasteiger partial charge in [0, 0.05) is 23.3 Å². The van der Waals surface area contributed by atoms with E-state index in [1.165, 1.54) is 11.3 Å². The van der Waals surface area contributed by atoms with Crippen LogP contribution in [0.2, 0.25) is 0 Å². The van der Waals surface area contributed by atoms with Crippen LogP contribution in [0.4, 0.5) is 0 Å². The fraction of sp³-hybridized carbons (Fsp3) is 0.0588. The number of carbonyl (C=O) groups is 1. The molecule has 4 aromatic rings. The number of hydrogen-bond acceptors (Lipinski definition) is 6. The highest BCUT2D eigenvalue weighted by atomic mass is 32.1. The van der Waals surface area contributed by atoms with Crippen LogP contribution in [0.1, 0.15) is 16.2 Å². The molecule has 0 spiro atoms. The van der Waals surface area contributed by atoms with Crippen molar-refractivity contribution >= 4 is 28.6 Å². The number of aromatic nitrogens is 3. The molecule has 23 heavy (non-hydrogen) atoms. The van der Waals surface area contributed by atoms with Gasteiger partial charge in [-0.3, -0.25) is 9.78 Å². The molecule has 0 N–H and O–H groups in total. The van der Waals surface area contributed by atoms with Crippen molar-refractivity contribution in [2.24, 2.45) is 0 Å². The highest BCUT2D eigenvalue weighted by Crippen LogP contribution is 2.35. The number of aldehydes is 1. The molecular weight excluding hydrogens is 310 g/mol. The van der Waals surface area contributed by atoms with Crippen molar-refractivity contribution in [3.63, 3.8) is 0 Å². The molecule has 0 aliphatic rings. The average molecular weight is 321 g/mol. The molecule has 0 aromatic carbocycles.